The molecule has 0 saturated carbocycles. The Balaban J connectivity index is 2.20. The number of fused-ring (bicyclic) bond motifs is 1. The summed E-state index contributed by atoms with van der Waals surface area (Å²) in [5.41, 5.74) is 8.91. The molecule has 0 saturated heterocycles. The molecule has 0 aliphatic rings. The van der Waals surface area contributed by atoms with Crippen molar-refractivity contribution in [2.45, 2.75) is 6.92 Å². The summed E-state index contributed by atoms with van der Waals surface area (Å²) in [6.45, 7) is 1.95. The minimum Gasteiger partial charge on any atom is -0.398 e. The lowest BCUT2D eigenvalue weighted by molar-refractivity contribution is 1.15. The fourth-order valence-corrected chi connectivity index (χ4v) is 2.04. The van der Waals surface area contributed by atoms with E-state index >= 15 is 0 Å². The van der Waals surface area contributed by atoms with Crippen LogP contribution in [0.1, 0.15) is 5.82 Å². The first-order chi connectivity index (χ1) is 8.24. The van der Waals surface area contributed by atoms with E-state index < -0.39 is 0 Å². The summed E-state index contributed by atoms with van der Waals surface area (Å²) < 4.78 is 0. The fraction of sp³-hybridized carbons (Fsp3) is 0.0714. The Bertz CT molecular complexity index is 683. The number of benzene rings is 2. The van der Waals surface area contributed by atoms with Gasteiger partial charge in [0.25, 0.3) is 0 Å². The second-order valence-electron chi connectivity index (χ2n) is 4.17. The van der Waals surface area contributed by atoms with E-state index in [1.165, 1.54) is 0 Å². The number of rotatable bonds is 1. The number of nitrogens with zero attached hydrogens (tertiary/aromatic N) is 1. The van der Waals surface area contributed by atoms with Gasteiger partial charge in [0, 0.05) is 16.6 Å². The lowest BCUT2D eigenvalue weighted by Crippen LogP contribution is -1.86. The summed E-state index contributed by atoms with van der Waals surface area (Å²) in [6.07, 6.45) is 1.85. The Hall–Kier alpha value is -2.29. The zero-order valence-electron chi connectivity index (χ0n) is 9.57. The van der Waals surface area contributed by atoms with Gasteiger partial charge in [0.05, 0.1) is 11.9 Å². The first-order valence-corrected chi connectivity index (χ1v) is 5.54. The van der Waals surface area contributed by atoms with Gasteiger partial charge in [-0.05, 0) is 24.4 Å². The molecular formula is C14H13N3. The van der Waals surface area contributed by atoms with Crippen molar-refractivity contribution in [3.63, 3.8) is 0 Å². The van der Waals surface area contributed by atoms with Crippen LogP contribution >= 0.6 is 0 Å². The van der Waals surface area contributed by atoms with Gasteiger partial charge < -0.3 is 10.7 Å². The molecule has 0 aliphatic carbocycles. The SMILES string of the molecule is Cc1ncc(-c2ccc3c(N)cccc3c2)[nH]1. The number of aromatic amines is 1. The van der Waals surface area contributed by atoms with Gasteiger partial charge in [0.2, 0.25) is 0 Å². The largest absolute Gasteiger partial charge is 0.398 e. The molecule has 1 heterocycles. The van der Waals surface area contributed by atoms with Gasteiger partial charge in [-0.15, -0.1) is 0 Å². The molecular weight excluding hydrogens is 210 g/mol. The van der Waals surface area contributed by atoms with Gasteiger partial charge in [-0.25, -0.2) is 4.98 Å². The van der Waals surface area contributed by atoms with Crippen molar-refractivity contribution in [3.05, 3.63) is 48.4 Å². The van der Waals surface area contributed by atoms with Crippen LogP contribution in [0, 0.1) is 6.92 Å². The normalized spacial score (nSPS) is 10.9. The Morgan fingerprint density at radius 1 is 1.18 bits per heavy atom. The van der Waals surface area contributed by atoms with E-state index in [9.17, 15) is 0 Å². The third-order valence-corrected chi connectivity index (χ3v) is 2.93. The van der Waals surface area contributed by atoms with Crippen molar-refractivity contribution in [2.75, 3.05) is 5.73 Å². The van der Waals surface area contributed by atoms with Gasteiger partial charge in [0.1, 0.15) is 5.82 Å². The maximum absolute atomic E-state index is 5.93. The van der Waals surface area contributed by atoms with Crippen LogP contribution in [0.25, 0.3) is 22.0 Å². The number of aryl methyl sites for hydroxylation is 1. The molecule has 17 heavy (non-hydrogen) atoms. The molecule has 2 aromatic carbocycles. The molecule has 0 radical (unpaired) electrons. The molecule has 0 aliphatic heterocycles. The molecule has 0 unspecified atom stereocenters. The maximum atomic E-state index is 5.93. The third-order valence-electron chi connectivity index (χ3n) is 2.93. The summed E-state index contributed by atoms with van der Waals surface area (Å²) in [5.74, 6) is 0.924. The number of anilines is 1. The van der Waals surface area contributed by atoms with Crippen LogP contribution in [0.5, 0.6) is 0 Å². The number of nitrogen functional groups attached to an aromatic ring is 1. The van der Waals surface area contributed by atoms with E-state index in [1.54, 1.807) is 0 Å². The van der Waals surface area contributed by atoms with Crippen LogP contribution < -0.4 is 5.73 Å². The van der Waals surface area contributed by atoms with Crippen LogP contribution in [-0.4, -0.2) is 9.97 Å². The highest BCUT2D eigenvalue weighted by Crippen LogP contribution is 2.26. The number of imidazole rings is 1. The van der Waals surface area contributed by atoms with Crippen molar-refractivity contribution in [1.29, 1.82) is 0 Å². The summed E-state index contributed by atoms with van der Waals surface area (Å²) in [5, 5.41) is 2.24. The monoisotopic (exact) mass is 223 g/mol. The topological polar surface area (TPSA) is 54.7 Å². The van der Waals surface area contributed by atoms with Crippen molar-refractivity contribution in [2.24, 2.45) is 0 Å². The molecule has 0 amide bonds. The van der Waals surface area contributed by atoms with E-state index in [2.05, 4.69) is 34.2 Å². The standard InChI is InChI=1S/C14H13N3/c1-9-16-8-14(17-9)11-5-6-12-10(7-11)3-2-4-13(12)15/h2-8H,15H2,1H3,(H,16,17). The van der Waals surface area contributed by atoms with Gasteiger partial charge >= 0.3 is 0 Å². The Morgan fingerprint density at radius 3 is 2.82 bits per heavy atom. The second-order valence-corrected chi connectivity index (χ2v) is 4.17. The van der Waals surface area contributed by atoms with Crippen molar-refractivity contribution >= 4 is 16.5 Å². The van der Waals surface area contributed by atoms with Gasteiger partial charge in [-0.2, -0.15) is 0 Å². The predicted octanol–water partition coefficient (Wildman–Crippen LogP) is 3.12. The van der Waals surface area contributed by atoms with E-state index in [0.717, 1.165) is 33.5 Å². The minimum absolute atomic E-state index is 0.815. The number of H-pyrrole nitrogens is 1. The highest BCUT2D eigenvalue weighted by atomic mass is 14.9. The Morgan fingerprint density at radius 2 is 2.06 bits per heavy atom. The van der Waals surface area contributed by atoms with Gasteiger partial charge in [-0.1, -0.05) is 24.3 Å². The van der Waals surface area contributed by atoms with Crippen LogP contribution in [-0.2, 0) is 0 Å². The van der Waals surface area contributed by atoms with E-state index in [4.69, 9.17) is 5.73 Å². The van der Waals surface area contributed by atoms with Crippen LogP contribution in [0.4, 0.5) is 5.69 Å². The maximum Gasteiger partial charge on any atom is 0.103 e. The summed E-state index contributed by atoms with van der Waals surface area (Å²) in [4.78, 5) is 7.44. The zero-order chi connectivity index (χ0) is 11.8. The average molecular weight is 223 g/mol. The fourth-order valence-electron chi connectivity index (χ4n) is 2.04. The number of nitrogens with two attached hydrogens (primary N) is 1. The minimum atomic E-state index is 0.815. The van der Waals surface area contributed by atoms with Crippen LogP contribution in [0.15, 0.2) is 42.6 Å². The van der Waals surface area contributed by atoms with Crippen LogP contribution in [0.3, 0.4) is 0 Å². The van der Waals surface area contributed by atoms with E-state index in [0.29, 0.717) is 0 Å². The van der Waals surface area contributed by atoms with E-state index in [1.807, 2.05) is 25.3 Å². The van der Waals surface area contributed by atoms with E-state index in [-0.39, 0.29) is 0 Å². The number of nitrogens with one attached hydrogen (secondary N) is 1. The van der Waals surface area contributed by atoms with Crippen molar-refractivity contribution < 1.29 is 0 Å². The third kappa shape index (κ3) is 1.65. The molecule has 0 bridgehead atoms. The highest BCUT2D eigenvalue weighted by molar-refractivity contribution is 5.95. The lowest BCUT2D eigenvalue weighted by Gasteiger charge is -2.04. The molecule has 84 valence electrons. The smallest absolute Gasteiger partial charge is 0.103 e. The van der Waals surface area contributed by atoms with Crippen LogP contribution in [0.2, 0.25) is 0 Å². The molecule has 0 fully saturated rings. The first kappa shape index (κ1) is 9.90. The summed E-state index contributed by atoms with van der Waals surface area (Å²) in [7, 11) is 0. The molecule has 3 N–H and O–H groups in total. The number of aromatic nitrogens is 2. The lowest BCUT2D eigenvalue weighted by atomic mass is 10.0. The Kier molecular flexibility index (Phi) is 2.11. The van der Waals surface area contributed by atoms with Gasteiger partial charge in [0.15, 0.2) is 0 Å². The summed E-state index contributed by atoms with van der Waals surface area (Å²) in [6, 6.07) is 12.2. The van der Waals surface area contributed by atoms with Gasteiger partial charge in [-0.3, -0.25) is 0 Å². The van der Waals surface area contributed by atoms with Crippen molar-refractivity contribution in [1.82, 2.24) is 9.97 Å². The quantitative estimate of drug-likeness (QED) is 0.623. The molecule has 1 aromatic heterocycles. The molecule has 0 spiro atoms. The predicted molar refractivity (Wildman–Crippen MR) is 70.7 cm³/mol. The molecule has 3 aromatic rings. The summed E-state index contributed by atoms with van der Waals surface area (Å²) >= 11 is 0. The zero-order valence-corrected chi connectivity index (χ0v) is 9.57. The second kappa shape index (κ2) is 3.63. The number of hydrogen-bond donors (Lipinski definition) is 2. The first-order valence-electron chi connectivity index (χ1n) is 5.54. The highest BCUT2D eigenvalue weighted by Gasteiger charge is 2.03. The molecule has 3 rings (SSSR count). The number of hydrogen-bond acceptors (Lipinski definition) is 2. The molecule has 0 atom stereocenters. The average Bonchev–Trinajstić information content (AvgIpc) is 2.76. The molecule has 3 nitrogen and oxygen atoms in total. The molecule has 3 heteroatoms. The Labute approximate surface area is 99.3 Å². The van der Waals surface area contributed by atoms with Crippen molar-refractivity contribution in [3.8, 4) is 11.3 Å².